The molecule has 1 heterocycles. The number of ether oxygens (including phenoxy) is 3. The van der Waals surface area contributed by atoms with Crippen LogP contribution in [0.2, 0.25) is 0 Å². The lowest BCUT2D eigenvalue weighted by atomic mass is 9.47. The maximum Gasteiger partial charge on any atom is 0.411 e. The quantitative estimate of drug-likeness (QED) is 0.170. The lowest BCUT2D eigenvalue weighted by Crippen LogP contribution is -2.60. The molecular weight excluding hydrogens is 622 g/mol. The Bertz CT molecular complexity index is 1320. The average molecular weight is 684 g/mol. The summed E-state index contributed by atoms with van der Waals surface area (Å²) in [4.78, 5) is 13.0. The number of benzene rings is 1. The largest absolute Gasteiger partial charge is 0.462 e. The zero-order valence-electron chi connectivity index (χ0n) is 30.2. The standard InChI is InChI=1S/C40H61NO8/c1-23(2)7-6-8-24(3)30-15-16-31-29-14-9-25-21-28(17-19-39(25,4)32(29)18-20-40(30,31)5)48-38(46)41-26-10-12-27(13-11-26)47-37-36(45)35(44)34(43)33(22-42)49-37/h9-13,23-24,28-37,42-45H,6-8,14-22H2,1-5H3,(H,41,46)/t24?,28?,29?,30?,31?,32?,33?,34-,35?,36-,37+,39?,40?/m0/s1. The van der Waals surface area contributed by atoms with E-state index in [4.69, 9.17) is 14.2 Å². The summed E-state index contributed by atoms with van der Waals surface area (Å²) in [6.45, 7) is 11.8. The van der Waals surface area contributed by atoms with Gasteiger partial charge in [0.2, 0.25) is 6.29 Å². The Labute approximate surface area is 292 Å². The Morgan fingerprint density at radius 2 is 1.71 bits per heavy atom. The van der Waals surface area contributed by atoms with Gasteiger partial charge in [-0.15, -0.1) is 0 Å². The van der Waals surface area contributed by atoms with Gasteiger partial charge in [0, 0.05) is 12.1 Å². The summed E-state index contributed by atoms with van der Waals surface area (Å²) >= 11 is 0. The Hall–Kier alpha value is -2.17. The molecule has 49 heavy (non-hydrogen) atoms. The van der Waals surface area contributed by atoms with Gasteiger partial charge in [0.05, 0.1) is 6.61 Å². The first kappa shape index (κ1) is 36.6. The molecule has 9 nitrogen and oxygen atoms in total. The van der Waals surface area contributed by atoms with Crippen LogP contribution in [-0.4, -0.2) is 69.9 Å². The van der Waals surface area contributed by atoms with E-state index in [0.717, 1.165) is 54.8 Å². The fraction of sp³-hybridized carbons (Fsp3) is 0.775. The number of hydrogen-bond acceptors (Lipinski definition) is 8. The SMILES string of the molecule is CC(C)CCCC(C)C1CCC2C3CC=C4CC(OC(=O)Nc5ccc(O[C@@H]6OC(CO)[C@H](O)C(O)[C@@H]6O)cc5)CCC4(C)C3CCC12C. The number of aliphatic hydroxyl groups excluding tert-OH is 4. The van der Waals surface area contributed by atoms with Crippen LogP contribution < -0.4 is 10.1 Å². The molecule has 5 aliphatic rings. The van der Waals surface area contributed by atoms with Crippen LogP contribution in [0.15, 0.2) is 35.9 Å². The van der Waals surface area contributed by atoms with E-state index in [1.807, 2.05) is 0 Å². The second-order valence-electron chi connectivity index (χ2n) is 17.0. The number of allylic oxidation sites excluding steroid dienone is 1. The number of fused-ring (bicyclic) bond motifs is 5. The summed E-state index contributed by atoms with van der Waals surface area (Å²) in [5, 5.41) is 42.5. The molecule has 0 spiro atoms. The number of rotatable bonds is 10. The van der Waals surface area contributed by atoms with E-state index in [0.29, 0.717) is 16.9 Å². The molecule has 13 atom stereocenters. The molecule has 274 valence electrons. The fourth-order valence-electron chi connectivity index (χ4n) is 11.0. The minimum atomic E-state index is -1.52. The van der Waals surface area contributed by atoms with Gasteiger partial charge in [-0.2, -0.15) is 0 Å². The van der Waals surface area contributed by atoms with Crippen molar-refractivity contribution < 1.29 is 39.4 Å². The molecular formula is C40H61NO8. The minimum absolute atomic E-state index is 0.152. The van der Waals surface area contributed by atoms with Crippen LogP contribution in [0.3, 0.4) is 0 Å². The summed E-state index contributed by atoms with van der Waals surface area (Å²) in [5.74, 6) is 5.11. The van der Waals surface area contributed by atoms with Crippen LogP contribution >= 0.6 is 0 Å². The van der Waals surface area contributed by atoms with E-state index >= 15 is 0 Å². The molecule has 5 N–H and O–H groups in total. The van der Waals surface area contributed by atoms with Gasteiger partial charge in [0.1, 0.15) is 36.3 Å². The van der Waals surface area contributed by atoms with Crippen molar-refractivity contribution in [1.82, 2.24) is 0 Å². The summed E-state index contributed by atoms with van der Waals surface area (Å²) in [7, 11) is 0. The van der Waals surface area contributed by atoms with E-state index in [1.165, 1.54) is 56.9 Å². The second kappa shape index (κ2) is 14.8. The molecule has 3 saturated carbocycles. The van der Waals surface area contributed by atoms with Crippen LogP contribution in [0.1, 0.15) is 105 Å². The highest BCUT2D eigenvalue weighted by atomic mass is 16.7. The number of amides is 1. The first-order valence-corrected chi connectivity index (χ1v) is 19.1. The number of hydrogen-bond donors (Lipinski definition) is 5. The van der Waals surface area contributed by atoms with Crippen molar-refractivity contribution in [3.05, 3.63) is 35.9 Å². The van der Waals surface area contributed by atoms with Crippen LogP contribution in [0.5, 0.6) is 5.75 Å². The maximum atomic E-state index is 13.0. The highest BCUT2D eigenvalue weighted by Gasteiger charge is 2.59. The van der Waals surface area contributed by atoms with Crippen LogP contribution in [-0.2, 0) is 9.47 Å². The molecule has 1 aliphatic heterocycles. The molecule has 1 amide bonds. The highest BCUT2D eigenvalue weighted by molar-refractivity contribution is 5.84. The van der Waals surface area contributed by atoms with Gasteiger partial charge < -0.3 is 34.6 Å². The number of anilines is 1. The van der Waals surface area contributed by atoms with Gasteiger partial charge in [-0.25, -0.2) is 4.79 Å². The van der Waals surface area contributed by atoms with Crippen molar-refractivity contribution in [2.24, 2.45) is 46.3 Å². The van der Waals surface area contributed by atoms with Crippen molar-refractivity contribution in [3.8, 4) is 5.75 Å². The summed E-state index contributed by atoms with van der Waals surface area (Å²) in [6.07, 6.45) is 8.54. The van der Waals surface area contributed by atoms with Crippen LogP contribution in [0, 0.1) is 46.3 Å². The molecule has 0 aromatic heterocycles. The third-order valence-corrected chi connectivity index (χ3v) is 13.7. The normalized spacial score (nSPS) is 40.8. The predicted octanol–water partition coefficient (Wildman–Crippen LogP) is 6.82. The van der Waals surface area contributed by atoms with E-state index in [-0.39, 0.29) is 11.5 Å². The zero-order chi connectivity index (χ0) is 35.1. The summed E-state index contributed by atoms with van der Waals surface area (Å²) in [6, 6.07) is 6.50. The fourth-order valence-corrected chi connectivity index (χ4v) is 11.0. The van der Waals surface area contributed by atoms with Gasteiger partial charge in [0.25, 0.3) is 0 Å². The monoisotopic (exact) mass is 683 g/mol. The summed E-state index contributed by atoms with van der Waals surface area (Å²) < 4.78 is 17.0. The molecule has 10 unspecified atom stereocenters. The molecule has 0 radical (unpaired) electrons. The number of nitrogens with one attached hydrogen (secondary N) is 1. The lowest BCUT2D eigenvalue weighted by Gasteiger charge is -2.58. The number of carbonyl (C=O) groups excluding carboxylic acids is 1. The third kappa shape index (κ3) is 7.30. The Balaban J connectivity index is 1.01. The topological polar surface area (TPSA) is 138 Å². The second-order valence-corrected chi connectivity index (χ2v) is 17.0. The Morgan fingerprint density at radius 1 is 0.959 bits per heavy atom. The number of carbonyl (C=O) groups is 1. The van der Waals surface area contributed by atoms with Crippen molar-refractivity contribution in [2.75, 3.05) is 11.9 Å². The van der Waals surface area contributed by atoms with Crippen molar-refractivity contribution in [2.45, 2.75) is 142 Å². The maximum absolute atomic E-state index is 13.0. The van der Waals surface area contributed by atoms with Crippen molar-refractivity contribution in [1.29, 1.82) is 0 Å². The Kier molecular flexibility index (Phi) is 11.1. The van der Waals surface area contributed by atoms with Crippen LogP contribution in [0.4, 0.5) is 10.5 Å². The first-order valence-electron chi connectivity index (χ1n) is 19.1. The highest BCUT2D eigenvalue weighted by Crippen LogP contribution is 2.67. The van der Waals surface area contributed by atoms with Gasteiger partial charge in [-0.3, -0.25) is 5.32 Å². The lowest BCUT2D eigenvalue weighted by molar-refractivity contribution is -0.277. The minimum Gasteiger partial charge on any atom is -0.462 e. The third-order valence-electron chi connectivity index (χ3n) is 13.7. The first-order chi connectivity index (χ1) is 23.3. The van der Waals surface area contributed by atoms with Crippen molar-refractivity contribution in [3.63, 3.8) is 0 Å². The van der Waals surface area contributed by atoms with Gasteiger partial charge in [-0.05, 0) is 116 Å². The molecule has 0 bridgehead atoms. The van der Waals surface area contributed by atoms with E-state index in [2.05, 4.69) is 46.0 Å². The zero-order valence-corrected chi connectivity index (χ0v) is 30.2. The van der Waals surface area contributed by atoms with Crippen LogP contribution in [0.25, 0.3) is 0 Å². The molecule has 6 rings (SSSR count). The average Bonchev–Trinajstić information content (AvgIpc) is 3.43. The molecule has 4 fully saturated rings. The molecule has 4 aliphatic carbocycles. The molecule has 1 aromatic carbocycles. The summed E-state index contributed by atoms with van der Waals surface area (Å²) in [5.41, 5.74) is 2.69. The van der Waals surface area contributed by atoms with Gasteiger partial charge in [-0.1, -0.05) is 65.5 Å². The predicted molar refractivity (Wildman–Crippen MR) is 188 cm³/mol. The Morgan fingerprint density at radius 3 is 2.43 bits per heavy atom. The van der Waals surface area contributed by atoms with Gasteiger partial charge >= 0.3 is 6.09 Å². The molecule has 1 aromatic rings. The van der Waals surface area contributed by atoms with Crippen molar-refractivity contribution >= 4 is 11.8 Å². The van der Waals surface area contributed by atoms with E-state index in [1.54, 1.807) is 24.3 Å². The van der Waals surface area contributed by atoms with E-state index < -0.39 is 43.4 Å². The van der Waals surface area contributed by atoms with E-state index in [9.17, 15) is 25.2 Å². The number of aliphatic hydroxyl groups is 4. The smallest absolute Gasteiger partial charge is 0.411 e. The molecule has 9 heteroatoms. The van der Waals surface area contributed by atoms with Gasteiger partial charge in [0.15, 0.2) is 0 Å². The molecule has 1 saturated heterocycles.